The molecule has 6 nitrogen and oxygen atoms in total. The Labute approximate surface area is 127 Å². The van der Waals surface area contributed by atoms with Gasteiger partial charge in [0.05, 0.1) is 10.7 Å². The Balaban J connectivity index is 1.80. The van der Waals surface area contributed by atoms with Gasteiger partial charge < -0.3 is 15.5 Å². The van der Waals surface area contributed by atoms with Crippen molar-refractivity contribution in [3.63, 3.8) is 0 Å². The van der Waals surface area contributed by atoms with E-state index in [9.17, 15) is 4.79 Å². The molecule has 1 fully saturated rings. The predicted octanol–water partition coefficient (Wildman–Crippen LogP) is 1.51. The number of hydrogen-bond donors (Lipinski definition) is 2. The topological polar surface area (TPSA) is 70.2 Å². The fourth-order valence-electron chi connectivity index (χ4n) is 2.28. The van der Waals surface area contributed by atoms with Crippen LogP contribution in [0.2, 0.25) is 0 Å². The number of aromatic nitrogens is 2. The molecule has 0 spiro atoms. The van der Waals surface area contributed by atoms with E-state index in [1.807, 2.05) is 19.1 Å². The number of nitrogens with one attached hydrogen (secondary N) is 2. The van der Waals surface area contributed by atoms with E-state index in [2.05, 4.69) is 25.5 Å². The van der Waals surface area contributed by atoms with Crippen LogP contribution in [-0.2, 0) is 0 Å². The smallest absolute Gasteiger partial charge is 0.275 e. The first-order valence-electron chi connectivity index (χ1n) is 6.88. The zero-order chi connectivity index (χ0) is 14.7. The van der Waals surface area contributed by atoms with Gasteiger partial charge in [-0.25, -0.2) is 9.97 Å². The minimum atomic E-state index is -0.191. The SMILES string of the molecule is Cc1nc(C(=O)Nc2cccnc2N2CCNCC2)cs1. The summed E-state index contributed by atoms with van der Waals surface area (Å²) in [5.74, 6) is 0.628. The lowest BCUT2D eigenvalue weighted by Gasteiger charge is -2.29. The minimum Gasteiger partial charge on any atom is -0.352 e. The van der Waals surface area contributed by atoms with Crippen molar-refractivity contribution in [2.75, 3.05) is 36.4 Å². The Hall–Kier alpha value is -1.99. The molecule has 3 rings (SSSR count). The molecule has 7 heteroatoms. The molecule has 110 valence electrons. The van der Waals surface area contributed by atoms with Crippen LogP contribution in [0.15, 0.2) is 23.7 Å². The van der Waals surface area contributed by atoms with Crippen LogP contribution in [0.3, 0.4) is 0 Å². The molecule has 0 atom stereocenters. The van der Waals surface area contributed by atoms with E-state index in [4.69, 9.17) is 0 Å². The Morgan fingerprint density at radius 2 is 2.24 bits per heavy atom. The minimum absolute atomic E-state index is 0.191. The summed E-state index contributed by atoms with van der Waals surface area (Å²) in [6, 6.07) is 3.70. The van der Waals surface area contributed by atoms with Gasteiger partial charge in [-0.05, 0) is 19.1 Å². The Bertz CT molecular complexity index is 636. The monoisotopic (exact) mass is 303 g/mol. The van der Waals surface area contributed by atoms with Crippen molar-refractivity contribution in [2.45, 2.75) is 6.92 Å². The standard InChI is InChI=1S/C14H17N5OS/c1-10-17-12(9-21-10)14(20)18-11-3-2-4-16-13(11)19-7-5-15-6-8-19/h2-4,9,15H,5-8H2,1H3,(H,18,20). The maximum atomic E-state index is 12.2. The van der Waals surface area contributed by atoms with Crippen molar-refractivity contribution in [3.8, 4) is 0 Å². The number of carbonyl (C=O) groups excluding carboxylic acids is 1. The molecule has 2 N–H and O–H groups in total. The predicted molar refractivity (Wildman–Crippen MR) is 84.1 cm³/mol. The van der Waals surface area contributed by atoms with Crippen molar-refractivity contribution >= 4 is 28.7 Å². The Kier molecular flexibility index (Phi) is 4.12. The normalized spacial score (nSPS) is 15.0. The number of aryl methyl sites for hydroxylation is 1. The van der Waals surface area contributed by atoms with Gasteiger partial charge in [-0.3, -0.25) is 4.79 Å². The summed E-state index contributed by atoms with van der Waals surface area (Å²) in [6.45, 7) is 5.51. The number of thiazole rings is 1. The van der Waals surface area contributed by atoms with Gasteiger partial charge in [-0.1, -0.05) is 0 Å². The van der Waals surface area contributed by atoms with E-state index >= 15 is 0 Å². The van der Waals surface area contributed by atoms with Crippen LogP contribution in [0.1, 0.15) is 15.5 Å². The molecular formula is C14H17N5OS. The second-order valence-corrected chi connectivity index (χ2v) is 5.88. The van der Waals surface area contributed by atoms with Crippen LogP contribution < -0.4 is 15.5 Å². The molecule has 0 unspecified atom stereocenters. The maximum absolute atomic E-state index is 12.2. The van der Waals surface area contributed by atoms with E-state index < -0.39 is 0 Å². The lowest BCUT2D eigenvalue weighted by Crippen LogP contribution is -2.44. The molecule has 21 heavy (non-hydrogen) atoms. The number of carbonyl (C=O) groups is 1. The molecule has 0 saturated carbocycles. The first kappa shape index (κ1) is 14.0. The highest BCUT2D eigenvalue weighted by Crippen LogP contribution is 2.23. The van der Waals surface area contributed by atoms with Crippen LogP contribution in [0.5, 0.6) is 0 Å². The average molecular weight is 303 g/mol. The first-order valence-corrected chi connectivity index (χ1v) is 7.76. The number of hydrogen-bond acceptors (Lipinski definition) is 6. The molecule has 2 aromatic rings. The molecule has 1 aliphatic rings. The van der Waals surface area contributed by atoms with Crippen LogP contribution in [0.4, 0.5) is 11.5 Å². The van der Waals surface area contributed by atoms with E-state index in [1.54, 1.807) is 11.6 Å². The average Bonchev–Trinajstić information content (AvgIpc) is 2.95. The summed E-state index contributed by atoms with van der Waals surface area (Å²) in [6.07, 6.45) is 1.75. The molecule has 2 aromatic heterocycles. The van der Waals surface area contributed by atoms with Crippen molar-refractivity contribution in [2.24, 2.45) is 0 Å². The molecule has 3 heterocycles. The quantitative estimate of drug-likeness (QED) is 0.899. The van der Waals surface area contributed by atoms with E-state index in [-0.39, 0.29) is 5.91 Å². The Morgan fingerprint density at radius 3 is 2.95 bits per heavy atom. The summed E-state index contributed by atoms with van der Waals surface area (Å²) < 4.78 is 0. The van der Waals surface area contributed by atoms with E-state index in [0.717, 1.165) is 42.7 Å². The van der Waals surface area contributed by atoms with Crippen LogP contribution in [0, 0.1) is 6.92 Å². The summed E-state index contributed by atoms with van der Waals surface area (Å²) in [5.41, 5.74) is 1.18. The van der Waals surface area contributed by atoms with Crippen LogP contribution in [-0.4, -0.2) is 42.1 Å². The summed E-state index contributed by atoms with van der Waals surface area (Å²) >= 11 is 1.47. The molecule has 1 aliphatic heterocycles. The number of rotatable bonds is 3. The van der Waals surface area contributed by atoms with Crippen LogP contribution >= 0.6 is 11.3 Å². The van der Waals surface area contributed by atoms with Gasteiger partial charge in [0, 0.05) is 37.8 Å². The number of amides is 1. The molecule has 0 bridgehead atoms. The highest BCUT2D eigenvalue weighted by molar-refractivity contribution is 7.09. The lowest BCUT2D eigenvalue weighted by molar-refractivity contribution is 0.102. The third-order valence-corrected chi connectivity index (χ3v) is 4.08. The highest BCUT2D eigenvalue weighted by Gasteiger charge is 2.17. The maximum Gasteiger partial charge on any atom is 0.275 e. The lowest BCUT2D eigenvalue weighted by atomic mass is 10.3. The van der Waals surface area contributed by atoms with Crippen molar-refractivity contribution in [3.05, 3.63) is 34.4 Å². The molecule has 0 radical (unpaired) electrons. The summed E-state index contributed by atoms with van der Waals surface area (Å²) in [4.78, 5) is 23.0. The second-order valence-electron chi connectivity index (χ2n) is 4.82. The van der Waals surface area contributed by atoms with Gasteiger partial charge in [0.1, 0.15) is 5.69 Å². The van der Waals surface area contributed by atoms with E-state index in [0.29, 0.717) is 5.69 Å². The van der Waals surface area contributed by atoms with Gasteiger partial charge in [-0.15, -0.1) is 11.3 Å². The largest absolute Gasteiger partial charge is 0.352 e. The summed E-state index contributed by atoms with van der Waals surface area (Å²) in [7, 11) is 0. The highest BCUT2D eigenvalue weighted by atomic mass is 32.1. The van der Waals surface area contributed by atoms with Gasteiger partial charge in [0.2, 0.25) is 0 Å². The zero-order valence-electron chi connectivity index (χ0n) is 11.8. The van der Waals surface area contributed by atoms with Crippen LogP contribution in [0.25, 0.3) is 0 Å². The summed E-state index contributed by atoms with van der Waals surface area (Å²) in [5, 5.41) is 8.88. The fraction of sp³-hybridized carbons (Fsp3) is 0.357. The third-order valence-electron chi connectivity index (χ3n) is 3.30. The van der Waals surface area contributed by atoms with E-state index in [1.165, 1.54) is 11.3 Å². The zero-order valence-corrected chi connectivity index (χ0v) is 12.6. The number of nitrogens with zero attached hydrogens (tertiary/aromatic N) is 3. The van der Waals surface area contributed by atoms with Crippen molar-refractivity contribution in [1.82, 2.24) is 15.3 Å². The van der Waals surface area contributed by atoms with Crippen molar-refractivity contribution in [1.29, 1.82) is 0 Å². The first-order chi connectivity index (χ1) is 10.2. The molecular weight excluding hydrogens is 286 g/mol. The number of pyridine rings is 1. The second kappa shape index (κ2) is 6.19. The Morgan fingerprint density at radius 1 is 1.43 bits per heavy atom. The molecule has 0 aliphatic carbocycles. The van der Waals surface area contributed by atoms with Gasteiger partial charge in [-0.2, -0.15) is 0 Å². The number of anilines is 2. The molecule has 1 amide bonds. The third kappa shape index (κ3) is 3.20. The van der Waals surface area contributed by atoms with Gasteiger partial charge >= 0.3 is 0 Å². The fourth-order valence-corrected chi connectivity index (χ4v) is 2.87. The molecule has 1 saturated heterocycles. The molecule has 0 aromatic carbocycles. The van der Waals surface area contributed by atoms with Gasteiger partial charge in [0.25, 0.3) is 5.91 Å². The van der Waals surface area contributed by atoms with Gasteiger partial charge in [0.15, 0.2) is 5.82 Å². The van der Waals surface area contributed by atoms with Crippen molar-refractivity contribution < 1.29 is 4.79 Å². The number of piperazine rings is 1.